The Labute approximate surface area is 160 Å². The van der Waals surface area contributed by atoms with E-state index in [2.05, 4.69) is 32.9 Å². The first-order valence-electron chi connectivity index (χ1n) is 10.2. The molecule has 26 heavy (non-hydrogen) atoms. The summed E-state index contributed by atoms with van der Waals surface area (Å²) < 4.78 is 11.3. The van der Waals surface area contributed by atoms with E-state index in [0.717, 1.165) is 38.4 Å². The van der Waals surface area contributed by atoms with Gasteiger partial charge in [-0.1, -0.05) is 32.9 Å². The first-order chi connectivity index (χ1) is 12.4. The number of allylic oxidation sites excluding steroid dienone is 2. The van der Waals surface area contributed by atoms with Gasteiger partial charge >= 0.3 is 0 Å². The molecule has 0 radical (unpaired) electrons. The lowest BCUT2D eigenvalue weighted by Crippen LogP contribution is -2.26. The number of aldehydes is 1. The number of aliphatic hydroxyl groups excluding tert-OH is 1. The Morgan fingerprint density at radius 3 is 2.50 bits per heavy atom. The number of carbonyl (C=O) groups is 1. The van der Waals surface area contributed by atoms with Crippen molar-refractivity contribution in [3.63, 3.8) is 0 Å². The Kier molecular flexibility index (Phi) is 11.3. The molecule has 0 saturated carbocycles. The maximum Gasteiger partial charge on any atom is 0.122 e. The number of carbonyl (C=O) groups excluding carboxylic acids is 1. The van der Waals surface area contributed by atoms with Crippen LogP contribution in [0.4, 0.5) is 0 Å². The molecule has 1 rings (SSSR count). The van der Waals surface area contributed by atoms with Gasteiger partial charge < -0.3 is 19.4 Å². The largest absolute Gasteiger partial charge is 0.393 e. The lowest BCUT2D eigenvalue weighted by Gasteiger charge is -2.30. The Balaban J connectivity index is 2.66. The zero-order valence-corrected chi connectivity index (χ0v) is 17.4. The van der Waals surface area contributed by atoms with E-state index in [9.17, 15) is 9.90 Å². The highest BCUT2D eigenvalue weighted by Crippen LogP contribution is 2.30. The number of hydrogen-bond acceptors (Lipinski definition) is 4. The van der Waals surface area contributed by atoms with Crippen LogP contribution in [-0.4, -0.2) is 43.9 Å². The van der Waals surface area contributed by atoms with Gasteiger partial charge in [-0.15, -0.1) is 0 Å². The SMILES string of the molecule is COC(CCC1C=CC(C)CC(C)C(OC)CC(C)C1)CC(O)CC=O. The van der Waals surface area contributed by atoms with Crippen LogP contribution in [-0.2, 0) is 14.3 Å². The smallest absolute Gasteiger partial charge is 0.122 e. The van der Waals surface area contributed by atoms with E-state index in [1.165, 1.54) is 0 Å². The zero-order chi connectivity index (χ0) is 19.5. The fourth-order valence-corrected chi connectivity index (χ4v) is 4.27. The standard InChI is InChI=1S/C22H40O4/c1-16-6-7-19(8-9-21(25-4)15-20(24)10-11-23)13-17(2)14-22(26-5)18(3)12-16/h6-7,11,16-22,24H,8-10,12-15H2,1-5H3. The first-order valence-corrected chi connectivity index (χ1v) is 10.2. The summed E-state index contributed by atoms with van der Waals surface area (Å²) in [6, 6.07) is 0. The number of hydrogen-bond donors (Lipinski definition) is 1. The molecule has 0 saturated heterocycles. The average Bonchev–Trinajstić information content (AvgIpc) is 2.60. The molecular weight excluding hydrogens is 328 g/mol. The second-order valence-electron chi connectivity index (χ2n) is 8.41. The van der Waals surface area contributed by atoms with Crippen molar-refractivity contribution in [3.05, 3.63) is 12.2 Å². The van der Waals surface area contributed by atoms with Gasteiger partial charge in [-0.2, -0.15) is 0 Å². The number of ether oxygens (including phenoxy) is 2. The summed E-state index contributed by atoms with van der Waals surface area (Å²) in [6.07, 6.45) is 11.4. The van der Waals surface area contributed by atoms with E-state index in [1.54, 1.807) is 7.11 Å². The lowest BCUT2D eigenvalue weighted by molar-refractivity contribution is -0.109. The summed E-state index contributed by atoms with van der Waals surface area (Å²) in [5.41, 5.74) is 0. The topological polar surface area (TPSA) is 55.8 Å². The molecule has 0 aromatic heterocycles. The second kappa shape index (κ2) is 12.6. The van der Waals surface area contributed by atoms with E-state index >= 15 is 0 Å². The van der Waals surface area contributed by atoms with Gasteiger partial charge in [0, 0.05) is 20.6 Å². The monoisotopic (exact) mass is 368 g/mol. The maximum absolute atomic E-state index is 10.5. The minimum absolute atomic E-state index is 0.00762. The van der Waals surface area contributed by atoms with Crippen LogP contribution in [0.1, 0.15) is 65.7 Å². The molecule has 0 aromatic carbocycles. The van der Waals surface area contributed by atoms with Crippen LogP contribution in [0.5, 0.6) is 0 Å². The van der Waals surface area contributed by atoms with Gasteiger partial charge in [0.05, 0.1) is 18.3 Å². The molecule has 0 heterocycles. The Bertz CT molecular complexity index is 409. The molecule has 0 bridgehead atoms. The normalized spacial score (nSPS) is 32.8. The van der Waals surface area contributed by atoms with Crippen molar-refractivity contribution in [1.29, 1.82) is 0 Å². The van der Waals surface area contributed by atoms with E-state index in [0.29, 0.717) is 36.2 Å². The molecule has 0 spiro atoms. The third-order valence-corrected chi connectivity index (χ3v) is 5.83. The third kappa shape index (κ3) is 8.79. The van der Waals surface area contributed by atoms with Crippen molar-refractivity contribution in [2.24, 2.45) is 23.7 Å². The van der Waals surface area contributed by atoms with E-state index in [1.807, 2.05) is 7.11 Å². The Morgan fingerprint density at radius 1 is 1.15 bits per heavy atom. The van der Waals surface area contributed by atoms with Gasteiger partial charge in [-0.3, -0.25) is 0 Å². The molecule has 4 nitrogen and oxygen atoms in total. The highest BCUT2D eigenvalue weighted by atomic mass is 16.5. The van der Waals surface area contributed by atoms with Crippen molar-refractivity contribution in [2.45, 2.75) is 84.0 Å². The zero-order valence-electron chi connectivity index (χ0n) is 17.4. The predicted molar refractivity (Wildman–Crippen MR) is 106 cm³/mol. The van der Waals surface area contributed by atoms with Crippen molar-refractivity contribution >= 4 is 6.29 Å². The molecule has 0 amide bonds. The van der Waals surface area contributed by atoms with Crippen LogP contribution >= 0.6 is 0 Å². The number of methoxy groups -OCH3 is 2. The second-order valence-corrected chi connectivity index (χ2v) is 8.41. The average molecular weight is 369 g/mol. The van der Waals surface area contributed by atoms with E-state index in [-0.39, 0.29) is 12.5 Å². The molecule has 152 valence electrons. The number of aliphatic hydroxyl groups is 1. The summed E-state index contributed by atoms with van der Waals surface area (Å²) in [5.74, 6) is 2.29. The summed E-state index contributed by atoms with van der Waals surface area (Å²) in [5, 5.41) is 9.86. The summed E-state index contributed by atoms with van der Waals surface area (Å²) >= 11 is 0. The molecule has 4 heteroatoms. The van der Waals surface area contributed by atoms with Gasteiger partial charge in [0.25, 0.3) is 0 Å². The van der Waals surface area contributed by atoms with Gasteiger partial charge in [-0.05, 0) is 62.2 Å². The fraction of sp³-hybridized carbons (Fsp3) is 0.864. The van der Waals surface area contributed by atoms with Crippen molar-refractivity contribution in [3.8, 4) is 0 Å². The van der Waals surface area contributed by atoms with Crippen LogP contribution in [0.2, 0.25) is 0 Å². The van der Waals surface area contributed by atoms with Crippen molar-refractivity contribution in [1.82, 2.24) is 0 Å². The van der Waals surface area contributed by atoms with Gasteiger partial charge in [-0.25, -0.2) is 0 Å². The predicted octanol–water partition coefficient (Wildman–Crippen LogP) is 4.40. The molecule has 1 N–H and O–H groups in total. The third-order valence-electron chi connectivity index (χ3n) is 5.83. The van der Waals surface area contributed by atoms with Crippen LogP contribution in [0.3, 0.4) is 0 Å². The Hall–Kier alpha value is -0.710. The Morgan fingerprint density at radius 2 is 1.88 bits per heavy atom. The molecular formula is C22H40O4. The maximum atomic E-state index is 10.5. The molecule has 1 aliphatic carbocycles. The van der Waals surface area contributed by atoms with Crippen molar-refractivity contribution in [2.75, 3.05) is 14.2 Å². The lowest BCUT2D eigenvalue weighted by atomic mass is 9.81. The van der Waals surface area contributed by atoms with Crippen LogP contribution in [0.15, 0.2) is 12.2 Å². The van der Waals surface area contributed by atoms with Crippen LogP contribution in [0.25, 0.3) is 0 Å². The number of rotatable bonds is 9. The minimum Gasteiger partial charge on any atom is -0.393 e. The van der Waals surface area contributed by atoms with E-state index < -0.39 is 6.10 Å². The molecule has 0 fully saturated rings. The summed E-state index contributed by atoms with van der Waals surface area (Å²) in [7, 11) is 3.53. The van der Waals surface area contributed by atoms with Crippen molar-refractivity contribution < 1.29 is 19.4 Å². The first kappa shape index (κ1) is 23.3. The minimum atomic E-state index is -0.597. The van der Waals surface area contributed by atoms with Crippen LogP contribution < -0.4 is 0 Å². The molecule has 7 unspecified atom stereocenters. The van der Waals surface area contributed by atoms with Gasteiger partial charge in [0.1, 0.15) is 6.29 Å². The molecule has 0 aromatic rings. The summed E-state index contributed by atoms with van der Waals surface area (Å²) in [4.78, 5) is 10.5. The quantitative estimate of drug-likeness (QED) is 0.484. The van der Waals surface area contributed by atoms with Gasteiger partial charge in [0.2, 0.25) is 0 Å². The molecule has 7 atom stereocenters. The summed E-state index contributed by atoms with van der Waals surface area (Å²) in [6.45, 7) is 6.92. The molecule has 0 aliphatic heterocycles. The molecule has 1 aliphatic rings. The van der Waals surface area contributed by atoms with Gasteiger partial charge in [0.15, 0.2) is 0 Å². The van der Waals surface area contributed by atoms with Crippen LogP contribution in [0, 0.1) is 23.7 Å². The highest BCUT2D eigenvalue weighted by molar-refractivity contribution is 5.49. The fourth-order valence-electron chi connectivity index (χ4n) is 4.27. The van der Waals surface area contributed by atoms with E-state index in [4.69, 9.17) is 9.47 Å². The highest BCUT2D eigenvalue weighted by Gasteiger charge is 2.24.